The summed E-state index contributed by atoms with van der Waals surface area (Å²) in [5, 5.41) is 7.88. The Morgan fingerprint density at radius 1 is 1.00 bits per heavy atom. The fraction of sp³-hybridized carbons (Fsp3) is 1.00. The third kappa shape index (κ3) is 22.4. The van der Waals surface area contributed by atoms with Crippen LogP contribution in [0.5, 0.6) is 0 Å². The quantitative estimate of drug-likeness (QED) is 0.546. The highest BCUT2D eigenvalue weighted by Crippen LogP contribution is 2.00. The summed E-state index contributed by atoms with van der Waals surface area (Å²) in [6.07, 6.45) is 7.01. The topological polar surface area (TPSA) is 20.2 Å². The third-order valence-electron chi connectivity index (χ3n) is 1.35. The molecule has 0 aromatic rings. The van der Waals surface area contributed by atoms with E-state index in [0.717, 1.165) is 0 Å². The van der Waals surface area contributed by atoms with Gasteiger partial charge >= 0.3 is 0 Å². The van der Waals surface area contributed by atoms with Crippen LogP contribution in [0, 0.1) is 0 Å². The minimum atomic E-state index is -0.616. The molecular weight excluding hydrogens is 195 g/mol. The van der Waals surface area contributed by atoms with Gasteiger partial charge in [0.05, 0.1) is 6.61 Å². The maximum Gasteiger partial charge on any atom is 0.130 e. The molecule has 0 aliphatic heterocycles. The van der Waals surface area contributed by atoms with Gasteiger partial charge in [0.2, 0.25) is 0 Å². The zero-order valence-corrected chi connectivity index (χ0v) is 9.53. The first-order chi connectivity index (χ1) is 5.68. The minimum absolute atomic E-state index is 0.164. The highest BCUT2D eigenvalue weighted by molar-refractivity contribution is 6.44. The summed E-state index contributed by atoms with van der Waals surface area (Å²) in [5.41, 5.74) is 0. The molecule has 1 nitrogen and oxygen atoms in total. The lowest BCUT2D eigenvalue weighted by Gasteiger charge is -1.90. The van der Waals surface area contributed by atoms with Crippen molar-refractivity contribution in [1.82, 2.24) is 0 Å². The van der Waals surface area contributed by atoms with Gasteiger partial charge in [-0.3, -0.25) is 0 Å². The molecule has 0 aromatic carbocycles. The monoisotopic (exact) mass is 214 g/mol. The lowest BCUT2D eigenvalue weighted by molar-refractivity contribution is 0.313. The first-order valence-electron chi connectivity index (χ1n) is 4.58. The molecule has 0 bridgehead atoms. The summed E-state index contributed by atoms with van der Waals surface area (Å²) < 4.78 is 0. The third-order valence-corrected chi connectivity index (χ3v) is 1.62. The molecule has 12 heavy (non-hydrogen) atoms. The van der Waals surface area contributed by atoms with E-state index in [2.05, 4.69) is 13.8 Å². The van der Waals surface area contributed by atoms with Crippen LogP contribution >= 0.6 is 23.2 Å². The number of aliphatic hydroxyl groups excluding tert-OH is 1. The molecule has 3 heteroatoms. The second kappa shape index (κ2) is 14.1. The maximum absolute atomic E-state index is 7.88. The number of hydrogen-bond acceptors (Lipinski definition) is 1. The number of unbranched alkanes of at least 4 members (excludes halogenated alkanes) is 4. The minimum Gasteiger partial charge on any atom is -0.394 e. The van der Waals surface area contributed by atoms with Gasteiger partial charge in [0.1, 0.15) is 4.84 Å². The van der Waals surface area contributed by atoms with Crippen molar-refractivity contribution in [2.24, 2.45) is 0 Å². The standard InChI is InChI=1S/C7H16.C2H4Cl2O/c1-3-5-7-6-4-2;3-2(4)1-5/h3-7H2,1-2H3;2,5H,1H2. The maximum atomic E-state index is 7.88. The molecule has 0 amide bonds. The normalized spacial score (nSPS) is 9.50. The van der Waals surface area contributed by atoms with Gasteiger partial charge in [0, 0.05) is 0 Å². The van der Waals surface area contributed by atoms with Crippen molar-refractivity contribution < 1.29 is 5.11 Å². The van der Waals surface area contributed by atoms with Crippen molar-refractivity contribution in [3.8, 4) is 0 Å². The Labute approximate surface area is 86.1 Å². The molecule has 0 unspecified atom stereocenters. The lowest BCUT2D eigenvalue weighted by atomic mass is 10.2. The van der Waals surface area contributed by atoms with Gasteiger partial charge < -0.3 is 5.11 Å². The number of halogens is 2. The van der Waals surface area contributed by atoms with Crippen molar-refractivity contribution in [1.29, 1.82) is 0 Å². The van der Waals surface area contributed by atoms with Gasteiger partial charge in [0.15, 0.2) is 0 Å². The predicted molar refractivity (Wildman–Crippen MR) is 57.0 cm³/mol. The van der Waals surface area contributed by atoms with Crippen LogP contribution in [0.25, 0.3) is 0 Å². The van der Waals surface area contributed by atoms with Gasteiger partial charge in [0.25, 0.3) is 0 Å². The van der Waals surface area contributed by atoms with Gasteiger partial charge in [-0.25, -0.2) is 0 Å². The van der Waals surface area contributed by atoms with E-state index in [1.165, 1.54) is 32.1 Å². The van der Waals surface area contributed by atoms with Crippen molar-refractivity contribution in [3.63, 3.8) is 0 Å². The number of hydrogen-bond donors (Lipinski definition) is 1. The van der Waals surface area contributed by atoms with E-state index < -0.39 is 4.84 Å². The average molecular weight is 215 g/mol. The molecular formula is C9H20Cl2O. The Bertz CT molecular complexity index is 63.5. The molecule has 0 aliphatic carbocycles. The first kappa shape index (κ1) is 15.0. The van der Waals surface area contributed by atoms with E-state index in [1.54, 1.807) is 0 Å². The SMILES string of the molecule is CCCCCCC.OCC(Cl)Cl. The van der Waals surface area contributed by atoms with E-state index in [0.29, 0.717) is 0 Å². The van der Waals surface area contributed by atoms with Crippen molar-refractivity contribution >= 4 is 23.2 Å². The summed E-state index contributed by atoms with van der Waals surface area (Å²) in [6.45, 7) is 4.33. The molecule has 0 rings (SSSR count). The van der Waals surface area contributed by atoms with E-state index >= 15 is 0 Å². The smallest absolute Gasteiger partial charge is 0.130 e. The largest absolute Gasteiger partial charge is 0.394 e. The molecule has 0 atom stereocenters. The molecule has 0 aliphatic rings. The van der Waals surface area contributed by atoms with Gasteiger partial charge in [-0.2, -0.15) is 0 Å². The van der Waals surface area contributed by atoms with Crippen LogP contribution in [0.4, 0.5) is 0 Å². The summed E-state index contributed by atoms with van der Waals surface area (Å²) in [4.78, 5) is -0.616. The van der Waals surface area contributed by atoms with Gasteiger partial charge in [-0.15, -0.1) is 23.2 Å². The number of rotatable bonds is 5. The molecule has 0 heterocycles. The van der Waals surface area contributed by atoms with E-state index in [1.807, 2.05) is 0 Å². The average Bonchev–Trinajstić information content (AvgIpc) is 2.07. The first-order valence-corrected chi connectivity index (χ1v) is 5.45. The van der Waals surface area contributed by atoms with Crippen molar-refractivity contribution in [2.45, 2.75) is 50.8 Å². The summed E-state index contributed by atoms with van der Waals surface area (Å²) in [7, 11) is 0. The van der Waals surface area contributed by atoms with Crippen LogP contribution in [0.2, 0.25) is 0 Å². The van der Waals surface area contributed by atoms with Crippen LogP contribution in [-0.2, 0) is 0 Å². The molecule has 0 saturated carbocycles. The van der Waals surface area contributed by atoms with Crippen molar-refractivity contribution in [2.75, 3.05) is 6.61 Å². The summed E-state index contributed by atoms with van der Waals surface area (Å²) in [5.74, 6) is 0. The summed E-state index contributed by atoms with van der Waals surface area (Å²) >= 11 is 9.96. The van der Waals surface area contributed by atoms with E-state index in [4.69, 9.17) is 28.3 Å². The highest BCUT2D eigenvalue weighted by atomic mass is 35.5. The van der Waals surface area contributed by atoms with Crippen LogP contribution < -0.4 is 0 Å². The predicted octanol–water partition coefficient (Wildman–Crippen LogP) is 3.76. The van der Waals surface area contributed by atoms with Crippen molar-refractivity contribution in [3.05, 3.63) is 0 Å². The fourth-order valence-electron chi connectivity index (χ4n) is 0.677. The van der Waals surface area contributed by atoms with Gasteiger partial charge in [-0.1, -0.05) is 46.0 Å². The molecule has 0 saturated heterocycles. The molecule has 76 valence electrons. The Hall–Kier alpha value is 0.540. The zero-order chi connectivity index (χ0) is 9.82. The molecule has 0 fully saturated rings. The molecule has 1 N–H and O–H groups in total. The molecule has 0 aromatic heterocycles. The Morgan fingerprint density at radius 3 is 1.50 bits per heavy atom. The fourth-order valence-corrected chi connectivity index (χ4v) is 0.677. The zero-order valence-electron chi connectivity index (χ0n) is 8.02. The van der Waals surface area contributed by atoms with Gasteiger partial charge in [-0.05, 0) is 0 Å². The van der Waals surface area contributed by atoms with Crippen LogP contribution in [0.1, 0.15) is 46.0 Å². The lowest BCUT2D eigenvalue weighted by Crippen LogP contribution is -1.90. The molecule has 0 spiro atoms. The number of aliphatic hydroxyl groups is 1. The Kier molecular flexibility index (Phi) is 17.6. The van der Waals surface area contributed by atoms with Crippen LogP contribution in [-0.4, -0.2) is 16.5 Å². The summed E-state index contributed by atoms with van der Waals surface area (Å²) in [6, 6.07) is 0. The Morgan fingerprint density at radius 2 is 1.33 bits per heavy atom. The van der Waals surface area contributed by atoms with E-state index in [9.17, 15) is 0 Å². The highest BCUT2D eigenvalue weighted by Gasteiger charge is 1.88. The second-order valence-electron chi connectivity index (χ2n) is 2.63. The number of alkyl halides is 2. The van der Waals surface area contributed by atoms with E-state index in [-0.39, 0.29) is 6.61 Å². The van der Waals surface area contributed by atoms with Crippen LogP contribution in [0.15, 0.2) is 0 Å². The second-order valence-corrected chi connectivity index (χ2v) is 3.91. The van der Waals surface area contributed by atoms with Crippen LogP contribution in [0.3, 0.4) is 0 Å². The Balaban J connectivity index is 0. The molecule has 0 radical (unpaired) electrons.